The Morgan fingerprint density at radius 3 is 2.37 bits per heavy atom. The number of anilines is 2. The number of hydrogen-bond acceptors (Lipinski definition) is 3. The molecule has 0 aromatic heterocycles. The van der Waals surface area contributed by atoms with Gasteiger partial charge in [-0.25, -0.2) is 0 Å². The summed E-state index contributed by atoms with van der Waals surface area (Å²) >= 11 is 0. The lowest BCUT2D eigenvalue weighted by atomic mass is 9.87. The molecule has 2 amide bonds. The average molecular weight is 400 g/mol. The molecule has 1 unspecified atom stereocenters. The molecule has 5 nitrogen and oxygen atoms in total. The molecule has 0 saturated carbocycles. The van der Waals surface area contributed by atoms with Gasteiger partial charge in [-0.2, -0.15) is 0 Å². The minimum atomic E-state index is -1.81. The molecule has 1 atom stereocenters. The lowest BCUT2D eigenvalue weighted by molar-refractivity contribution is -0.133. The number of aryl methyl sites for hydroxylation is 2. The van der Waals surface area contributed by atoms with E-state index >= 15 is 0 Å². The molecule has 0 fully saturated rings. The van der Waals surface area contributed by atoms with Crippen molar-refractivity contribution in [3.63, 3.8) is 0 Å². The molecule has 4 rings (SSSR count). The number of carbonyl (C=O) groups excluding carboxylic acids is 2. The van der Waals surface area contributed by atoms with Crippen molar-refractivity contribution in [1.29, 1.82) is 0 Å². The van der Waals surface area contributed by atoms with Crippen LogP contribution in [0.2, 0.25) is 0 Å². The summed E-state index contributed by atoms with van der Waals surface area (Å²) in [7, 11) is 1.69. The molecule has 5 heteroatoms. The van der Waals surface area contributed by atoms with Gasteiger partial charge in [0.1, 0.15) is 6.54 Å². The third kappa shape index (κ3) is 3.17. The van der Waals surface area contributed by atoms with Crippen LogP contribution in [0.25, 0.3) is 0 Å². The standard InChI is InChI=1S/C25H24N2O3/c1-17-11-13-19(14-12-17)25(30)21-9-4-5-10-22(21)27(24(25)29)16-23(28)26(3)20-8-6-7-18(2)15-20/h4-15,30H,16H2,1-3H3. The predicted octanol–water partition coefficient (Wildman–Crippen LogP) is 3.55. The van der Waals surface area contributed by atoms with Crippen molar-refractivity contribution in [2.45, 2.75) is 19.4 Å². The van der Waals surface area contributed by atoms with Gasteiger partial charge in [-0.1, -0.05) is 60.2 Å². The quantitative estimate of drug-likeness (QED) is 0.729. The number of para-hydroxylation sites is 1. The number of nitrogens with zero attached hydrogens (tertiary/aromatic N) is 2. The SMILES string of the molecule is Cc1ccc(C2(O)C(=O)N(CC(=O)N(C)c3cccc(C)c3)c3ccccc32)cc1. The fourth-order valence-electron chi connectivity index (χ4n) is 3.89. The van der Waals surface area contributed by atoms with Crippen molar-refractivity contribution in [3.05, 3.63) is 95.1 Å². The number of fused-ring (bicyclic) bond motifs is 1. The van der Waals surface area contributed by atoms with E-state index in [1.165, 1.54) is 9.80 Å². The number of rotatable bonds is 4. The molecule has 1 N–H and O–H groups in total. The smallest absolute Gasteiger partial charge is 0.268 e. The van der Waals surface area contributed by atoms with Crippen molar-refractivity contribution < 1.29 is 14.7 Å². The summed E-state index contributed by atoms with van der Waals surface area (Å²) < 4.78 is 0. The molecule has 30 heavy (non-hydrogen) atoms. The monoisotopic (exact) mass is 400 g/mol. The first-order valence-electron chi connectivity index (χ1n) is 9.86. The van der Waals surface area contributed by atoms with Crippen LogP contribution in [-0.4, -0.2) is 30.5 Å². The average Bonchev–Trinajstić information content (AvgIpc) is 2.96. The third-order valence-electron chi connectivity index (χ3n) is 5.67. The molecule has 0 bridgehead atoms. The highest BCUT2D eigenvalue weighted by Gasteiger charge is 2.51. The Kier molecular flexibility index (Phi) is 4.92. The van der Waals surface area contributed by atoms with Crippen molar-refractivity contribution in [1.82, 2.24) is 0 Å². The predicted molar refractivity (Wildman–Crippen MR) is 118 cm³/mol. The number of aliphatic hydroxyl groups is 1. The molecule has 0 saturated heterocycles. The van der Waals surface area contributed by atoms with E-state index in [9.17, 15) is 14.7 Å². The Hall–Kier alpha value is -3.44. The molecule has 0 radical (unpaired) electrons. The number of likely N-dealkylation sites (N-methyl/N-ethyl adjacent to an activating group) is 1. The molecular formula is C25H24N2O3. The maximum Gasteiger partial charge on any atom is 0.268 e. The molecule has 1 heterocycles. The van der Waals surface area contributed by atoms with Crippen LogP contribution in [0, 0.1) is 13.8 Å². The van der Waals surface area contributed by atoms with Crippen molar-refractivity contribution in [2.24, 2.45) is 0 Å². The topological polar surface area (TPSA) is 60.9 Å². The zero-order chi connectivity index (χ0) is 21.5. The van der Waals surface area contributed by atoms with E-state index in [1.54, 1.807) is 43.4 Å². The number of hydrogen-bond donors (Lipinski definition) is 1. The van der Waals surface area contributed by atoms with Crippen LogP contribution in [0.3, 0.4) is 0 Å². The Labute approximate surface area is 176 Å². The molecule has 152 valence electrons. The van der Waals surface area contributed by atoms with Gasteiger partial charge in [0, 0.05) is 18.3 Å². The third-order valence-corrected chi connectivity index (χ3v) is 5.67. The van der Waals surface area contributed by atoms with E-state index < -0.39 is 11.5 Å². The highest BCUT2D eigenvalue weighted by atomic mass is 16.3. The van der Waals surface area contributed by atoms with E-state index in [1.807, 2.05) is 50.2 Å². The minimum absolute atomic E-state index is 0.158. The van der Waals surface area contributed by atoms with Crippen LogP contribution in [0.5, 0.6) is 0 Å². The van der Waals surface area contributed by atoms with Crippen LogP contribution in [-0.2, 0) is 15.2 Å². The van der Waals surface area contributed by atoms with Crippen LogP contribution in [0.1, 0.15) is 22.3 Å². The summed E-state index contributed by atoms with van der Waals surface area (Å²) in [6.07, 6.45) is 0. The van der Waals surface area contributed by atoms with Gasteiger partial charge in [0.2, 0.25) is 5.91 Å². The first-order chi connectivity index (χ1) is 14.3. The van der Waals surface area contributed by atoms with Gasteiger partial charge in [-0.05, 0) is 43.2 Å². The van der Waals surface area contributed by atoms with Gasteiger partial charge >= 0.3 is 0 Å². The first kappa shape index (κ1) is 19.9. The fourth-order valence-corrected chi connectivity index (χ4v) is 3.89. The van der Waals surface area contributed by atoms with Gasteiger partial charge in [0.25, 0.3) is 5.91 Å². The van der Waals surface area contributed by atoms with Crippen molar-refractivity contribution in [3.8, 4) is 0 Å². The number of carbonyl (C=O) groups is 2. The fraction of sp³-hybridized carbons (Fsp3) is 0.200. The molecule has 0 aliphatic carbocycles. The first-order valence-corrected chi connectivity index (χ1v) is 9.86. The Morgan fingerprint density at radius 1 is 0.967 bits per heavy atom. The lowest BCUT2D eigenvalue weighted by Gasteiger charge is -2.25. The second-order valence-electron chi connectivity index (χ2n) is 7.78. The van der Waals surface area contributed by atoms with Crippen molar-refractivity contribution in [2.75, 3.05) is 23.4 Å². The van der Waals surface area contributed by atoms with Crippen LogP contribution >= 0.6 is 0 Å². The van der Waals surface area contributed by atoms with Gasteiger partial charge < -0.3 is 10.0 Å². The van der Waals surface area contributed by atoms with Crippen molar-refractivity contribution >= 4 is 23.2 Å². The van der Waals surface area contributed by atoms with Gasteiger partial charge in [0.05, 0.1) is 5.69 Å². The zero-order valence-corrected chi connectivity index (χ0v) is 17.3. The largest absolute Gasteiger partial charge is 0.372 e. The van der Waals surface area contributed by atoms with E-state index in [2.05, 4.69) is 0 Å². The second kappa shape index (κ2) is 7.43. The van der Waals surface area contributed by atoms with Gasteiger partial charge in [0.15, 0.2) is 5.60 Å². The summed E-state index contributed by atoms with van der Waals surface area (Å²) in [5, 5.41) is 11.5. The number of benzene rings is 3. The molecule has 3 aromatic rings. The minimum Gasteiger partial charge on any atom is -0.372 e. The van der Waals surface area contributed by atoms with Crippen LogP contribution in [0.4, 0.5) is 11.4 Å². The van der Waals surface area contributed by atoms with Gasteiger partial charge in [-0.15, -0.1) is 0 Å². The summed E-state index contributed by atoms with van der Waals surface area (Å²) in [6.45, 7) is 3.75. The van der Waals surface area contributed by atoms with Gasteiger partial charge in [-0.3, -0.25) is 14.5 Å². The lowest BCUT2D eigenvalue weighted by Crippen LogP contribution is -2.45. The highest BCUT2D eigenvalue weighted by Crippen LogP contribution is 2.44. The maximum absolute atomic E-state index is 13.4. The van der Waals surface area contributed by atoms with E-state index in [4.69, 9.17) is 0 Å². The van der Waals surface area contributed by atoms with E-state index in [-0.39, 0.29) is 12.5 Å². The Bertz CT molecular complexity index is 1120. The molecule has 3 aromatic carbocycles. The normalized spacial score (nSPS) is 17.7. The van der Waals surface area contributed by atoms with E-state index in [0.717, 1.165) is 16.8 Å². The highest BCUT2D eigenvalue weighted by molar-refractivity contribution is 6.12. The zero-order valence-electron chi connectivity index (χ0n) is 17.3. The molecule has 1 aliphatic heterocycles. The summed E-state index contributed by atoms with van der Waals surface area (Å²) in [5.74, 6) is -0.754. The summed E-state index contributed by atoms with van der Waals surface area (Å²) in [4.78, 5) is 29.3. The van der Waals surface area contributed by atoms with E-state index in [0.29, 0.717) is 16.8 Å². The second-order valence-corrected chi connectivity index (χ2v) is 7.78. The van der Waals surface area contributed by atoms with Crippen LogP contribution < -0.4 is 9.80 Å². The molecular weight excluding hydrogens is 376 g/mol. The number of amides is 2. The summed E-state index contributed by atoms with van der Waals surface area (Å²) in [5.41, 5.74) is 2.56. The molecule has 1 aliphatic rings. The molecule has 0 spiro atoms. The Balaban J connectivity index is 1.69. The summed E-state index contributed by atoms with van der Waals surface area (Å²) in [6, 6.07) is 22.0. The van der Waals surface area contributed by atoms with Crippen LogP contribution in [0.15, 0.2) is 72.8 Å². The maximum atomic E-state index is 13.4. The Morgan fingerprint density at radius 2 is 1.67 bits per heavy atom.